The second-order valence-corrected chi connectivity index (χ2v) is 6.97. The lowest BCUT2D eigenvalue weighted by Crippen LogP contribution is -2.31. The van der Waals surface area contributed by atoms with Crippen molar-refractivity contribution in [1.29, 1.82) is 0 Å². The maximum atomic E-state index is 9.79. The molecule has 3 rings (SSSR count). The van der Waals surface area contributed by atoms with Crippen molar-refractivity contribution in [3.05, 3.63) is 50.1 Å². The first kappa shape index (κ1) is 15.4. The van der Waals surface area contributed by atoms with Gasteiger partial charge in [-0.15, -0.1) is 0 Å². The number of anilines is 1. The Kier molecular flexibility index (Phi) is 4.18. The van der Waals surface area contributed by atoms with Crippen LogP contribution in [0.4, 0.5) is 5.69 Å². The maximum Gasteiger partial charge on any atom is 0.157 e. The molecule has 0 radical (unpaired) electrons. The molecular weight excluding hydrogens is 391 g/mol. The van der Waals surface area contributed by atoms with Crippen LogP contribution in [0.25, 0.3) is 0 Å². The number of rotatable bonds is 2. The Hall–Kier alpha value is -1.47. The molecule has 0 saturated carbocycles. The van der Waals surface area contributed by atoms with Gasteiger partial charge >= 0.3 is 0 Å². The van der Waals surface area contributed by atoms with Crippen molar-refractivity contribution in [1.82, 2.24) is 5.32 Å². The van der Waals surface area contributed by atoms with Crippen LogP contribution >= 0.6 is 22.6 Å². The number of hydrogen-bond donors (Lipinski definition) is 4. The summed E-state index contributed by atoms with van der Waals surface area (Å²) in [6.07, 6.45) is 1.69. The van der Waals surface area contributed by atoms with Crippen molar-refractivity contribution in [3.8, 4) is 11.5 Å². The number of fused-ring (bicyclic) bond motifs is 1. The lowest BCUT2D eigenvalue weighted by molar-refractivity contribution is 0.398. The third kappa shape index (κ3) is 2.87. The van der Waals surface area contributed by atoms with Crippen molar-refractivity contribution in [3.63, 3.8) is 0 Å². The van der Waals surface area contributed by atoms with E-state index in [0.29, 0.717) is 0 Å². The first-order valence-corrected chi connectivity index (χ1v) is 8.36. The molecule has 0 aliphatic carbocycles. The number of phenols is 2. The van der Waals surface area contributed by atoms with Gasteiger partial charge in [-0.3, -0.25) is 0 Å². The quantitative estimate of drug-likeness (QED) is 0.349. The van der Waals surface area contributed by atoms with Crippen LogP contribution in [0.2, 0.25) is 0 Å². The summed E-state index contributed by atoms with van der Waals surface area (Å²) in [5, 5.41) is 23.0. The Morgan fingerprint density at radius 2 is 1.95 bits per heavy atom. The molecule has 0 bridgehead atoms. The van der Waals surface area contributed by atoms with Gasteiger partial charge in [-0.05, 0) is 89.4 Å². The SMILES string of the molecule is Cc1cc(CC2NCCc3cc(O)c(O)cc32)cc(I)c1N. The highest BCUT2D eigenvalue weighted by Crippen LogP contribution is 2.35. The fourth-order valence-electron chi connectivity index (χ4n) is 3.03. The number of nitrogens with two attached hydrogens (primary N) is 1. The van der Waals surface area contributed by atoms with E-state index >= 15 is 0 Å². The number of phenolic OH excluding ortho intramolecular Hbond substituents is 2. The van der Waals surface area contributed by atoms with Crippen molar-refractivity contribution in [2.45, 2.75) is 25.8 Å². The third-order valence-electron chi connectivity index (χ3n) is 4.23. The standard InChI is InChI=1S/C17H19IN2O2/c1-9-4-10(5-13(18)17(9)19)6-14-12-8-16(22)15(21)7-11(12)2-3-20-14/h4-5,7-8,14,20-22H,2-3,6,19H2,1H3. The molecule has 2 aromatic carbocycles. The van der Waals surface area contributed by atoms with E-state index in [9.17, 15) is 10.2 Å². The van der Waals surface area contributed by atoms with Crippen LogP contribution < -0.4 is 11.1 Å². The zero-order chi connectivity index (χ0) is 15.9. The lowest BCUT2D eigenvalue weighted by Gasteiger charge is -2.28. The van der Waals surface area contributed by atoms with E-state index in [1.807, 2.05) is 6.92 Å². The van der Waals surface area contributed by atoms with E-state index in [-0.39, 0.29) is 17.5 Å². The minimum atomic E-state index is -0.0597. The first-order chi connectivity index (χ1) is 10.5. The molecule has 1 aliphatic heterocycles. The van der Waals surface area contributed by atoms with Gasteiger partial charge in [0.05, 0.1) is 0 Å². The Balaban J connectivity index is 1.94. The number of aryl methyl sites for hydroxylation is 1. The van der Waals surface area contributed by atoms with Gasteiger partial charge in [-0.25, -0.2) is 0 Å². The third-order valence-corrected chi connectivity index (χ3v) is 5.13. The largest absolute Gasteiger partial charge is 0.504 e. The van der Waals surface area contributed by atoms with E-state index in [2.05, 4.69) is 40.0 Å². The summed E-state index contributed by atoms with van der Waals surface area (Å²) in [5.74, 6) is -0.104. The molecule has 22 heavy (non-hydrogen) atoms. The van der Waals surface area contributed by atoms with Crippen LogP contribution in [-0.4, -0.2) is 16.8 Å². The highest BCUT2D eigenvalue weighted by atomic mass is 127. The molecule has 0 spiro atoms. The predicted molar refractivity (Wildman–Crippen MR) is 96.2 cm³/mol. The second kappa shape index (κ2) is 5.96. The van der Waals surface area contributed by atoms with Crippen LogP contribution in [0, 0.1) is 10.5 Å². The molecule has 5 heteroatoms. The molecule has 2 aromatic rings. The maximum absolute atomic E-state index is 9.79. The molecule has 0 saturated heterocycles. The Labute approximate surface area is 143 Å². The van der Waals surface area contributed by atoms with E-state index in [4.69, 9.17) is 5.73 Å². The van der Waals surface area contributed by atoms with E-state index in [1.54, 1.807) is 12.1 Å². The van der Waals surface area contributed by atoms with Crippen molar-refractivity contribution >= 4 is 28.3 Å². The summed E-state index contributed by atoms with van der Waals surface area (Å²) in [6, 6.07) is 7.72. The Morgan fingerprint density at radius 1 is 1.23 bits per heavy atom. The number of hydrogen-bond acceptors (Lipinski definition) is 4. The molecule has 116 valence electrons. The normalized spacial score (nSPS) is 17.3. The lowest BCUT2D eigenvalue weighted by atomic mass is 9.89. The fourth-order valence-corrected chi connectivity index (χ4v) is 3.86. The number of benzene rings is 2. The highest BCUT2D eigenvalue weighted by molar-refractivity contribution is 14.1. The molecule has 1 heterocycles. The number of nitrogen functional groups attached to an aromatic ring is 1. The Morgan fingerprint density at radius 3 is 2.68 bits per heavy atom. The van der Waals surface area contributed by atoms with Gasteiger partial charge in [0.25, 0.3) is 0 Å². The molecular formula is C17H19IN2O2. The second-order valence-electron chi connectivity index (χ2n) is 5.81. The molecule has 0 fully saturated rings. The van der Waals surface area contributed by atoms with Crippen LogP contribution in [0.3, 0.4) is 0 Å². The number of aromatic hydroxyl groups is 2. The predicted octanol–water partition coefficient (Wildman–Crippen LogP) is 3.02. The number of halogens is 1. The van der Waals surface area contributed by atoms with Crippen LogP contribution in [0.15, 0.2) is 24.3 Å². The summed E-state index contributed by atoms with van der Waals surface area (Å²) in [6.45, 7) is 2.89. The van der Waals surface area contributed by atoms with E-state index < -0.39 is 0 Å². The van der Waals surface area contributed by atoms with Gasteiger partial charge < -0.3 is 21.3 Å². The molecule has 4 nitrogen and oxygen atoms in total. The van der Waals surface area contributed by atoms with Crippen molar-refractivity contribution in [2.75, 3.05) is 12.3 Å². The summed E-state index contributed by atoms with van der Waals surface area (Å²) < 4.78 is 1.07. The zero-order valence-electron chi connectivity index (χ0n) is 12.4. The monoisotopic (exact) mass is 410 g/mol. The fraction of sp³-hybridized carbons (Fsp3) is 0.294. The molecule has 5 N–H and O–H groups in total. The van der Waals surface area contributed by atoms with Gasteiger partial charge in [0.2, 0.25) is 0 Å². The average Bonchev–Trinajstić information content (AvgIpc) is 2.47. The van der Waals surface area contributed by atoms with Crippen LogP contribution in [0.5, 0.6) is 11.5 Å². The first-order valence-electron chi connectivity index (χ1n) is 7.28. The summed E-state index contributed by atoms with van der Waals surface area (Å²) in [7, 11) is 0. The molecule has 1 unspecified atom stereocenters. The Bertz CT molecular complexity index is 708. The summed E-state index contributed by atoms with van der Waals surface area (Å²) in [5.41, 5.74) is 11.3. The van der Waals surface area contributed by atoms with Gasteiger partial charge in [-0.2, -0.15) is 0 Å². The minimum Gasteiger partial charge on any atom is -0.504 e. The van der Waals surface area contributed by atoms with E-state index in [1.165, 1.54) is 5.56 Å². The topological polar surface area (TPSA) is 78.5 Å². The summed E-state index contributed by atoms with van der Waals surface area (Å²) in [4.78, 5) is 0. The minimum absolute atomic E-state index is 0.0442. The van der Waals surface area contributed by atoms with Gasteiger partial charge in [0.15, 0.2) is 11.5 Å². The molecule has 0 aromatic heterocycles. The van der Waals surface area contributed by atoms with E-state index in [0.717, 1.165) is 45.3 Å². The molecule has 0 amide bonds. The van der Waals surface area contributed by atoms with Gasteiger partial charge in [0.1, 0.15) is 0 Å². The van der Waals surface area contributed by atoms with Crippen molar-refractivity contribution in [2.24, 2.45) is 0 Å². The summed E-state index contributed by atoms with van der Waals surface area (Å²) >= 11 is 2.26. The molecule has 1 aliphatic rings. The number of nitrogens with one attached hydrogen (secondary N) is 1. The average molecular weight is 410 g/mol. The highest BCUT2D eigenvalue weighted by Gasteiger charge is 2.22. The van der Waals surface area contributed by atoms with Gasteiger partial charge in [-0.1, -0.05) is 6.07 Å². The molecule has 1 atom stereocenters. The zero-order valence-corrected chi connectivity index (χ0v) is 14.5. The smallest absolute Gasteiger partial charge is 0.157 e. The van der Waals surface area contributed by atoms with Crippen LogP contribution in [0.1, 0.15) is 28.3 Å². The van der Waals surface area contributed by atoms with Gasteiger partial charge in [0, 0.05) is 15.3 Å². The van der Waals surface area contributed by atoms with Crippen molar-refractivity contribution < 1.29 is 10.2 Å². The van der Waals surface area contributed by atoms with Crippen LogP contribution in [-0.2, 0) is 12.8 Å².